The number of esters is 1. The van der Waals surface area contributed by atoms with Crippen molar-refractivity contribution in [1.29, 1.82) is 0 Å². The first kappa shape index (κ1) is 66.1. The molecule has 17 heteroatoms. The number of rotatable bonds is 31. The molecule has 3 saturated heterocycles. The van der Waals surface area contributed by atoms with E-state index in [-0.39, 0.29) is 52.9 Å². The van der Waals surface area contributed by atoms with E-state index < -0.39 is 111 Å². The summed E-state index contributed by atoms with van der Waals surface area (Å²) in [4.78, 5) is 15.0. The molecule has 3 heterocycles. The van der Waals surface area contributed by atoms with Crippen LogP contribution in [0, 0.1) is 0 Å². The minimum absolute atomic E-state index is 0.00254. The largest absolute Gasteiger partial charge is 0.467 e. The van der Waals surface area contributed by atoms with Gasteiger partial charge in [0.05, 0.1) is 73.2 Å². The first-order chi connectivity index (χ1) is 45.4. The summed E-state index contributed by atoms with van der Waals surface area (Å²) < 4.78 is 96.5. The Labute approximate surface area is 537 Å². The highest BCUT2D eigenvalue weighted by molar-refractivity contribution is 5.75. The lowest BCUT2D eigenvalue weighted by Gasteiger charge is -2.51. The zero-order chi connectivity index (χ0) is 63.1. The Balaban J connectivity index is 0.998. The first-order valence-electron chi connectivity index (χ1n) is 31.2. The van der Waals surface area contributed by atoms with Crippen LogP contribution in [-0.4, -0.2) is 129 Å². The van der Waals surface area contributed by atoms with Crippen molar-refractivity contribution in [2.75, 3.05) is 20.3 Å². The van der Waals surface area contributed by atoms with Gasteiger partial charge in [0.2, 0.25) is 0 Å². The van der Waals surface area contributed by atoms with E-state index in [4.69, 9.17) is 66.3 Å². The molecule has 8 aromatic rings. The van der Waals surface area contributed by atoms with E-state index in [0.29, 0.717) is 0 Å². The number of aliphatic hydroxyl groups is 2. The fourth-order valence-corrected chi connectivity index (χ4v) is 11.6. The topological polar surface area (TPSA) is 187 Å². The SMILES string of the molecule is COC(=O)[C@H]1O[C@H](O[C@@H]2[C@H](OCc3ccccc3)[C@@H](OCc3ccccc3)[C@H](OCc3ccccc3)O[C@@H]2CO)[C@H](OCc2ccccc2)[C@@H](OCc2ccccc2)[C@H]1O[C@H]1O[C@H](CO)[C@H](OCc2ccccc2)[C@H](OCc2ccccc2)[C@H]1OCc1ccccc1. The maximum Gasteiger partial charge on any atom is 0.337 e. The maximum atomic E-state index is 15.0. The minimum Gasteiger partial charge on any atom is -0.467 e. The van der Waals surface area contributed by atoms with Crippen LogP contribution in [0.25, 0.3) is 0 Å². The fourth-order valence-electron chi connectivity index (χ4n) is 11.6. The van der Waals surface area contributed by atoms with Gasteiger partial charge >= 0.3 is 5.97 Å². The van der Waals surface area contributed by atoms with Gasteiger partial charge in [-0.25, -0.2) is 4.79 Å². The van der Waals surface area contributed by atoms with E-state index >= 15 is 0 Å². The normalized spacial score (nSPS) is 26.4. The maximum absolute atomic E-state index is 15.0. The van der Waals surface area contributed by atoms with Gasteiger partial charge in [-0.05, 0) is 44.5 Å². The van der Waals surface area contributed by atoms with Crippen LogP contribution in [0.3, 0.4) is 0 Å². The number of hydrogen-bond acceptors (Lipinski definition) is 17. The quantitative estimate of drug-likeness (QED) is 0.0390. The van der Waals surface area contributed by atoms with Crippen molar-refractivity contribution in [3.05, 3.63) is 287 Å². The molecule has 3 aliphatic heterocycles. The lowest BCUT2D eigenvalue weighted by Crippen LogP contribution is -2.68. The van der Waals surface area contributed by atoms with Crippen LogP contribution < -0.4 is 0 Å². The molecule has 0 amide bonds. The second-order valence-electron chi connectivity index (χ2n) is 22.7. The van der Waals surface area contributed by atoms with E-state index in [1.807, 2.05) is 243 Å². The van der Waals surface area contributed by atoms with Gasteiger partial charge in [-0.3, -0.25) is 0 Å². The average Bonchev–Trinajstić information content (AvgIpc) is 0.842. The molecular weight excluding hydrogens is 1170 g/mol. The molecule has 0 unspecified atom stereocenters. The summed E-state index contributed by atoms with van der Waals surface area (Å²) in [6, 6.07) is 77.1. The average molecular weight is 1250 g/mol. The van der Waals surface area contributed by atoms with Crippen LogP contribution in [0.5, 0.6) is 0 Å². The van der Waals surface area contributed by atoms with Crippen molar-refractivity contribution in [2.45, 2.75) is 145 Å². The van der Waals surface area contributed by atoms with Crippen molar-refractivity contribution < 1.29 is 81.3 Å². The Morgan fingerprint density at radius 3 is 0.859 bits per heavy atom. The van der Waals surface area contributed by atoms with Gasteiger partial charge in [-0.15, -0.1) is 0 Å². The van der Waals surface area contributed by atoms with E-state index in [9.17, 15) is 15.0 Å². The summed E-state index contributed by atoms with van der Waals surface area (Å²) in [6.07, 6.45) is -18.3. The van der Waals surface area contributed by atoms with Gasteiger partial charge in [0.25, 0.3) is 0 Å². The second kappa shape index (κ2) is 34.5. The fraction of sp³-hybridized carbons (Fsp3) is 0.347. The number of methoxy groups -OCH3 is 1. The highest BCUT2D eigenvalue weighted by Crippen LogP contribution is 2.40. The molecule has 0 aromatic heterocycles. The number of carbonyl (C=O) groups excluding carboxylic acids is 1. The molecule has 0 saturated carbocycles. The Bertz CT molecular complexity index is 3350. The van der Waals surface area contributed by atoms with Crippen LogP contribution in [0.4, 0.5) is 0 Å². The summed E-state index contributed by atoms with van der Waals surface area (Å²) in [5, 5.41) is 23.0. The van der Waals surface area contributed by atoms with E-state index in [1.165, 1.54) is 7.11 Å². The lowest BCUT2D eigenvalue weighted by atomic mass is 9.94. The number of aliphatic hydroxyl groups excluding tert-OH is 2. The van der Waals surface area contributed by atoms with Gasteiger partial charge in [-0.1, -0.05) is 243 Å². The highest BCUT2D eigenvalue weighted by atomic mass is 16.8. The van der Waals surface area contributed by atoms with E-state index in [1.54, 1.807) is 0 Å². The molecule has 0 aliphatic carbocycles. The monoisotopic (exact) mass is 1250 g/mol. The third-order valence-electron chi connectivity index (χ3n) is 16.3. The molecule has 0 bridgehead atoms. The van der Waals surface area contributed by atoms with Gasteiger partial charge in [0.1, 0.15) is 67.1 Å². The second-order valence-corrected chi connectivity index (χ2v) is 22.7. The van der Waals surface area contributed by atoms with Crippen LogP contribution in [0.15, 0.2) is 243 Å². The Morgan fingerprint density at radius 2 is 0.533 bits per heavy atom. The third kappa shape index (κ3) is 18.1. The van der Waals surface area contributed by atoms with Gasteiger partial charge < -0.3 is 76.5 Å². The number of ether oxygens (including phenoxy) is 14. The third-order valence-corrected chi connectivity index (χ3v) is 16.3. The smallest absolute Gasteiger partial charge is 0.337 e. The van der Waals surface area contributed by atoms with E-state index in [0.717, 1.165) is 44.5 Å². The van der Waals surface area contributed by atoms with Crippen molar-refractivity contribution in [1.82, 2.24) is 0 Å². The lowest BCUT2D eigenvalue weighted by molar-refractivity contribution is -0.390. The molecule has 0 spiro atoms. The molecule has 11 rings (SSSR count). The van der Waals surface area contributed by atoms with Crippen molar-refractivity contribution in [3.63, 3.8) is 0 Å². The molecule has 3 aliphatic rings. The molecule has 0 radical (unpaired) electrons. The van der Waals surface area contributed by atoms with Crippen LogP contribution >= 0.6 is 0 Å². The standard InChI is InChI=1S/C75H80O17/c1-79-72(78)68-67(91-74-70(85-49-57-36-20-7-21-37-57)64(81-45-53-28-12-3-13-29-53)62(60(42-76)89-74)80-44-52-26-10-2-11-27-52)66(83-47-55-32-16-5-17-33-55)71(86-50-58-38-22-8-23-39-58)75(92-68)90-63-61(43-77)88-73(87-51-59-40-24-9-25-41-59)69(84-48-56-34-18-6-19-35-56)65(63)82-46-54-30-14-4-15-31-54/h2-41,60-71,73-77H,42-51H2,1H3/t60-,61-,62+,63+,64+,65+,66+,67-,68+,69-,70-,71-,73-,74-,75+/m1/s1. The number of benzene rings is 8. The molecule has 15 atom stereocenters. The molecular formula is C75H80O17. The van der Waals surface area contributed by atoms with E-state index in [2.05, 4.69) is 0 Å². The molecule has 17 nitrogen and oxygen atoms in total. The van der Waals surface area contributed by atoms with Crippen LogP contribution in [-0.2, 0) is 124 Å². The Hall–Kier alpha value is -7.37. The van der Waals surface area contributed by atoms with Gasteiger partial charge in [0, 0.05) is 0 Å². The van der Waals surface area contributed by atoms with Crippen molar-refractivity contribution >= 4 is 5.97 Å². The summed E-state index contributed by atoms with van der Waals surface area (Å²) in [5.74, 6) is -0.857. The summed E-state index contributed by atoms with van der Waals surface area (Å²) >= 11 is 0. The Morgan fingerprint density at radius 1 is 0.293 bits per heavy atom. The summed E-state index contributed by atoms with van der Waals surface area (Å²) in [6.45, 7) is -0.438. The Kier molecular flexibility index (Phi) is 24.8. The first-order valence-corrected chi connectivity index (χ1v) is 31.2. The highest BCUT2D eigenvalue weighted by Gasteiger charge is 2.58. The molecule has 2 N–H and O–H groups in total. The molecule has 8 aromatic carbocycles. The van der Waals surface area contributed by atoms with Crippen molar-refractivity contribution in [2.24, 2.45) is 0 Å². The predicted octanol–water partition coefficient (Wildman–Crippen LogP) is 10.4. The summed E-state index contributed by atoms with van der Waals surface area (Å²) in [5.41, 5.74) is 6.77. The molecule has 92 heavy (non-hydrogen) atoms. The summed E-state index contributed by atoms with van der Waals surface area (Å²) in [7, 11) is 1.25. The zero-order valence-electron chi connectivity index (χ0n) is 51.3. The number of hydrogen-bond donors (Lipinski definition) is 2. The molecule has 482 valence electrons. The number of carbonyl (C=O) groups is 1. The zero-order valence-corrected chi connectivity index (χ0v) is 51.3. The minimum atomic E-state index is -1.66. The van der Waals surface area contributed by atoms with Crippen molar-refractivity contribution in [3.8, 4) is 0 Å². The van der Waals surface area contributed by atoms with Crippen LogP contribution in [0.1, 0.15) is 44.5 Å². The van der Waals surface area contributed by atoms with Gasteiger partial charge in [0.15, 0.2) is 25.0 Å². The molecule has 3 fully saturated rings. The predicted molar refractivity (Wildman–Crippen MR) is 338 cm³/mol. The van der Waals surface area contributed by atoms with Gasteiger partial charge in [-0.2, -0.15) is 0 Å². The van der Waals surface area contributed by atoms with Crippen LogP contribution in [0.2, 0.25) is 0 Å².